The van der Waals surface area contributed by atoms with Crippen LogP contribution in [0.25, 0.3) is 0 Å². The molecule has 9 atom stereocenters. The second-order valence-electron chi connectivity index (χ2n) is 17.9. The molecule has 3 saturated carbocycles. The van der Waals surface area contributed by atoms with Gasteiger partial charge in [0, 0.05) is 12.3 Å². The first-order valence-electron chi connectivity index (χ1n) is 18.0. The van der Waals surface area contributed by atoms with E-state index in [1.807, 2.05) is 6.92 Å². The highest BCUT2D eigenvalue weighted by atomic mass is 32.2. The molecule has 0 radical (unpaired) electrons. The molecule has 10 heteroatoms. The minimum atomic E-state index is -4.64. The molecule has 0 saturated heterocycles. The minimum absolute atomic E-state index is 0.0702. The summed E-state index contributed by atoms with van der Waals surface area (Å²) in [6.07, 6.45) is 11.9. The lowest BCUT2D eigenvalue weighted by Gasteiger charge is -2.69. The van der Waals surface area contributed by atoms with E-state index in [2.05, 4.69) is 47.6 Å². The van der Waals surface area contributed by atoms with E-state index in [-0.39, 0.29) is 55.4 Å². The zero-order chi connectivity index (χ0) is 35.5. The maximum atomic E-state index is 12.7. The van der Waals surface area contributed by atoms with Crippen molar-refractivity contribution >= 4 is 26.2 Å². The number of fused-ring (bicyclic) bond motifs is 7. The Balaban J connectivity index is 1.40. The smallest absolute Gasteiger partial charge is 0.302 e. The van der Waals surface area contributed by atoms with Crippen molar-refractivity contribution in [2.24, 2.45) is 45.3 Å². The van der Waals surface area contributed by atoms with Gasteiger partial charge in [0.25, 0.3) is 20.2 Å². The molecule has 8 nitrogen and oxygen atoms in total. The van der Waals surface area contributed by atoms with E-state index in [0.29, 0.717) is 35.8 Å². The SMILES string of the molecule is CC(=O)O[C@H]1CC[C@@]2(C)[C@@H](CC[C@]3(C)[C@@H]2CC[C@]2(C)c4c(S(=O)(=O)O)ccc(S(=O)(=O)O)c4C[C@@H]32)[C@]1(C)CC[C@@H]1C(C)=CCCC1(C)C. The molecule has 1 aromatic rings. The number of allylic oxidation sites excluding steroid dienone is 2. The molecule has 268 valence electrons. The van der Waals surface area contributed by atoms with Crippen LogP contribution in [0.4, 0.5) is 0 Å². The van der Waals surface area contributed by atoms with Gasteiger partial charge >= 0.3 is 5.97 Å². The zero-order valence-corrected chi connectivity index (χ0v) is 31.7. The maximum absolute atomic E-state index is 12.7. The van der Waals surface area contributed by atoms with Gasteiger partial charge in [0.2, 0.25) is 0 Å². The highest BCUT2D eigenvalue weighted by Gasteiger charge is 2.68. The first-order chi connectivity index (χ1) is 22.0. The van der Waals surface area contributed by atoms with E-state index < -0.39 is 25.7 Å². The minimum Gasteiger partial charge on any atom is -0.462 e. The summed E-state index contributed by atoms with van der Waals surface area (Å²) < 4.78 is 77.3. The molecule has 2 N–H and O–H groups in total. The van der Waals surface area contributed by atoms with E-state index >= 15 is 0 Å². The molecule has 3 fully saturated rings. The van der Waals surface area contributed by atoms with E-state index in [1.165, 1.54) is 18.9 Å². The summed E-state index contributed by atoms with van der Waals surface area (Å²) >= 11 is 0. The van der Waals surface area contributed by atoms with Gasteiger partial charge in [-0.15, -0.1) is 0 Å². The molecule has 0 unspecified atom stereocenters. The van der Waals surface area contributed by atoms with Crippen LogP contribution < -0.4 is 0 Å². The van der Waals surface area contributed by atoms with E-state index in [9.17, 15) is 30.7 Å². The number of carbonyl (C=O) groups excluding carboxylic acids is 1. The number of esters is 1. The number of carbonyl (C=O) groups is 1. The second kappa shape index (κ2) is 11.4. The fourth-order valence-electron chi connectivity index (χ4n) is 13.1. The molecular weight excluding hydrogens is 649 g/mol. The molecule has 48 heavy (non-hydrogen) atoms. The van der Waals surface area contributed by atoms with Crippen molar-refractivity contribution < 1.29 is 35.5 Å². The van der Waals surface area contributed by atoms with E-state index in [4.69, 9.17) is 4.74 Å². The van der Waals surface area contributed by atoms with Crippen LogP contribution in [0.2, 0.25) is 0 Å². The standard InChI is InChI=1S/C38H56O8S2/c1-23-10-9-17-34(3,4)26(23)13-18-37(7)30-14-19-36(6)29(35(30,5)21-16-32(37)46-24(2)39)15-20-38(8)31(36)22-25-27(47(40,41)42)11-12-28(33(25)38)48(43,44)45/h10-12,26,29-32H,9,13-22H2,1-8H3,(H,40,41,42)(H,43,44,45)/t26-,29-,30-,31+,32+,35-,36-,37+,38+/m1/s1. The van der Waals surface area contributed by atoms with Crippen LogP contribution >= 0.6 is 0 Å². The van der Waals surface area contributed by atoms with Gasteiger partial charge in [0.15, 0.2) is 0 Å². The molecule has 0 amide bonds. The number of ether oxygens (including phenoxy) is 1. The molecule has 5 aliphatic carbocycles. The summed E-state index contributed by atoms with van der Waals surface area (Å²) in [6, 6.07) is 2.27. The lowest BCUT2D eigenvalue weighted by molar-refractivity contribution is -0.217. The first kappa shape index (κ1) is 36.1. The third-order valence-corrected chi connectivity index (χ3v) is 17.0. The van der Waals surface area contributed by atoms with E-state index in [0.717, 1.165) is 63.5 Å². The summed E-state index contributed by atoms with van der Waals surface area (Å²) in [7, 11) is -9.26. The first-order valence-corrected chi connectivity index (χ1v) is 20.8. The van der Waals surface area contributed by atoms with Crippen LogP contribution in [0.3, 0.4) is 0 Å². The Morgan fingerprint density at radius 1 is 0.833 bits per heavy atom. The summed E-state index contributed by atoms with van der Waals surface area (Å²) in [4.78, 5) is 12.0. The predicted molar refractivity (Wildman–Crippen MR) is 185 cm³/mol. The van der Waals surface area contributed by atoms with Gasteiger partial charge in [-0.1, -0.05) is 53.2 Å². The van der Waals surface area contributed by atoms with Crippen molar-refractivity contribution in [1.82, 2.24) is 0 Å². The average molecular weight is 705 g/mol. The number of rotatable bonds is 6. The Kier molecular flexibility index (Phi) is 8.55. The molecule has 0 spiro atoms. The number of hydrogen-bond acceptors (Lipinski definition) is 6. The van der Waals surface area contributed by atoms with E-state index in [1.54, 1.807) is 0 Å². The van der Waals surface area contributed by atoms with Gasteiger partial charge in [0.05, 0.1) is 9.79 Å². The molecule has 6 rings (SSSR count). The van der Waals surface area contributed by atoms with Crippen molar-refractivity contribution in [3.05, 3.63) is 34.9 Å². The van der Waals surface area contributed by atoms with Crippen LogP contribution in [-0.4, -0.2) is 38.0 Å². The fraction of sp³-hybridized carbons (Fsp3) is 0.763. The lowest BCUT2D eigenvalue weighted by atomic mass is 9.36. The van der Waals surface area contributed by atoms with Crippen LogP contribution in [0.1, 0.15) is 131 Å². The summed E-state index contributed by atoms with van der Waals surface area (Å²) in [5.41, 5.74) is 1.14. The van der Waals surface area contributed by atoms with Crippen molar-refractivity contribution in [2.75, 3.05) is 0 Å². The summed E-state index contributed by atoms with van der Waals surface area (Å²) in [5, 5.41) is 0. The molecule has 1 aromatic carbocycles. The average Bonchev–Trinajstić information content (AvgIpc) is 3.26. The normalized spacial score (nSPS) is 40.5. The number of benzene rings is 1. The molecular formula is C38H56O8S2. The highest BCUT2D eigenvalue weighted by Crippen LogP contribution is 2.74. The molecule has 0 aliphatic heterocycles. The van der Waals surface area contributed by atoms with Crippen molar-refractivity contribution in [3.8, 4) is 0 Å². The Labute approximate surface area is 288 Å². The molecule has 0 aromatic heterocycles. The highest BCUT2D eigenvalue weighted by molar-refractivity contribution is 7.86. The second-order valence-corrected chi connectivity index (χ2v) is 20.7. The van der Waals surface area contributed by atoms with Gasteiger partial charge in [-0.25, -0.2) is 0 Å². The summed E-state index contributed by atoms with van der Waals surface area (Å²) in [6.45, 7) is 17.7. The third kappa shape index (κ3) is 5.36. The van der Waals surface area contributed by atoms with Gasteiger partial charge < -0.3 is 4.74 Å². The largest absolute Gasteiger partial charge is 0.462 e. The quantitative estimate of drug-likeness (QED) is 0.171. The predicted octanol–water partition coefficient (Wildman–Crippen LogP) is 8.34. The lowest BCUT2D eigenvalue weighted by Crippen LogP contribution is -2.64. The Hall–Kier alpha value is -1.75. The fourth-order valence-corrected chi connectivity index (χ4v) is 14.7. The third-order valence-electron chi connectivity index (χ3n) is 15.1. The van der Waals surface area contributed by atoms with Crippen molar-refractivity contribution in [3.63, 3.8) is 0 Å². The van der Waals surface area contributed by atoms with Crippen LogP contribution in [0.5, 0.6) is 0 Å². The van der Waals surface area contributed by atoms with Crippen LogP contribution in [0.15, 0.2) is 33.6 Å². The van der Waals surface area contributed by atoms with Gasteiger partial charge in [-0.3, -0.25) is 13.9 Å². The Morgan fingerprint density at radius 3 is 2.02 bits per heavy atom. The molecule has 5 aliphatic rings. The van der Waals surface area contributed by atoms with Gasteiger partial charge in [0.1, 0.15) is 6.10 Å². The van der Waals surface area contributed by atoms with Gasteiger partial charge in [-0.2, -0.15) is 16.8 Å². The monoisotopic (exact) mass is 704 g/mol. The van der Waals surface area contributed by atoms with Gasteiger partial charge in [-0.05, 0) is 146 Å². The zero-order valence-electron chi connectivity index (χ0n) is 30.1. The summed E-state index contributed by atoms with van der Waals surface area (Å²) in [5.74, 6) is 0.764. The topological polar surface area (TPSA) is 135 Å². The molecule has 0 bridgehead atoms. The van der Waals surface area contributed by atoms with Crippen LogP contribution in [0, 0.1) is 45.3 Å². The maximum Gasteiger partial charge on any atom is 0.302 e. The Morgan fingerprint density at radius 2 is 1.42 bits per heavy atom. The molecule has 0 heterocycles. The Bertz CT molecular complexity index is 1760. The number of hydrogen-bond donors (Lipinski definition) is 2. The van der Waals surface area contributed by atoms with Crippen molar-refractivity contribution in [2.45, 2.75) is 147 Å². The van der Waals surface area contributed by atoms with Crippen molar-refractivity contribution in [1.29, 1.82) is 0 Å². The van der Waals surface area contributed by atoms with Crippen LogP contribution in [-0.2, 0) is 41.6 Å².